The standard InChI is InChI=1S/C15H18N4O2.C8H8N2.C2H4O2/c1-9-3-4-10(7-13(9)17-8-20)14-18-15(21-19-14)11-5-12(6-11)16-2;1-7-6-9-8-4-2-3-5-10(7)8;1-4-2-3/h3-4,7-8,11-12,16H,5-6H2,1-2H3,(H,17,20);2-6H,1H3;2H,1H3. The van der Waals surface area contributed by atoms with Gasteiger partial charge in [0.25, 0.3) is 6.47 Å². The Hall–Kier alpha value is -4.05. The summed E-state index contributed by atoms with van der Waals surface area (Å²) in [6.07, 6.45) is 6.61. The van der Waals surface area contributed by atoms with Crippen molar-refractivity contribution >= 4 is 24.2 Å². The molecule has 3 heterocycles. The molecule has 5 rings (SSSR count). The van der Waals surface area contributed by atoms with Crippen LogP contribution in [0, 0.1) is 13.8 Å². The molecule has 10 heteroatoms. The van der Waals surface area contributed by atoms with Crippen LogP contribution in [-0.2, 0) is 14.3 Å². The van der Waals surface area contributed by atoms with Gasteiger partial charge in [-0.2, -0.15) is 4.98 Å². The number of methoxy groups -OCH3 is 1. The Balaban J connectivity index is 0.000000202. The Bertz CT molecular complexity index is 1250. The molecular formula is C25H30N6O4. The van der Waals surface area contributed by atoms with Crippen LogP contribution in [-0.4, -0.2) is 52.6 Å². The van der Waals surface area contributed by atoms with Crippen LogP contribution in [0.25, 0.3) is 17.0 Å². The molecule has 10 nitrogen and oxygen atoms in total. The largest absolute Gasteiger partial charge is 0.471 e. The summed E-state index contributed by atoms with van der Waals surface area (Å²) in [6.45, 7) is 4.35. The minimum absolute atomic E-state index is 0.349. The molecule has 0 radical (unpaired) electrons. The molecule has 4 aromatic rings. The molecule has 2 N–H and O–H groups in total. The zero-order valence-electron chi connectivity index (χ0n) is 20.3. The topological polar surface area (TPSA) is 124 Å². The van der Waals surface area contributed by atoms with Gasteiger partial charge in [0.15, 0.2) is 0 Å². The number of fused-ring (bicyclic) bond motifs is 1. The number of rotatable bonds is 6. The maximum absolute atomic E-state index is 10.6. The van der Waals surface area contributed by atoms with E-state index in [-0.39, 0.29) is 0 Å². The van der Waals surface area contributed by atoms with Crippen LogP contribution in [0.5, 0.6) is 0 Å². The second kappa shape index (κ2) is 12.4. The second-order valence-electron chi connectivity index (χ2n) is 8.06. The minimum atomic E-state index is 0.349. The molecular weight excluding hydrogens is 448 g/mol. The third kappa shape index (κ3) is 6.51. The molecule has 0 unspecified atom stereocenters. The number of ether oxygens (including phenoxy) is 1. The van der Waals surface area contributed by atoms with Gasteiger partial charge < -0.3 is 24.3 Å². The van der Waals surface area contributed by atoms with E-state index in [0.29, 0.717) is 36.6 Å². The monoisotopic (exact) mass is 478 g/mol. The zero-order chi connectivity index (χ0) is 25.2. The van der Waals surface area contributed by atoms with Gasteiger partial charge in [-0.05, 0) is 57.5 Å². The lowest BCUT2D eigenvalue weighted by Gasteiger charge is -2.32. The molecule has 1 saturated carbocycles. The van der Waals surface area contributed by atoms with Crippen molar-refractivity contribution in [1.82, 2.24) is 24.8 Å². The number of amides is 1. The summed E-state index contributed by atoms with van der Waals surface area (Å²) in [5.74, 6) is 1.61. The van der Waals surface area contributed by atoms with Crippen molar-refractivity contribution < 1.29 is 18.8 Å². The first kappa shape index (κ1) is 25.6. The van der Waals surface area contributed by atoms with Crippen molar-refractivity contribution in [3.05, 3.63) is 65.9 Å². The predicted octanol–water partition coefficient (Wildman–Crippen LogP) is 3.51. The molecule has 0 spiro atoms. The van der Waals surface area contributed by atoms with Crippen LogP contribution in [0.1, 0.15) is 35.9 Å². The molecule has 3 aromatic heterocycles. The molecule has 1 amide bonds. The van der Waals surface area contributed by atoms with Crippen molar-refractivity contribution in [3.63, 3.8) is 0 Å². The number of benzene rings is 1. The van der Waals surface area contributed by atoms with Crippen molar-refractivity contribution in [1.29, 1.82) is 0 Å². The number of carbonyl (C=O) groups is 2. The Kier molecular flexibility index (Phi) is 9.08. The third-order valence-corrected chi connectivity index (χ3v) is 5.75. The summed E-state index contributed by atoms with van der Waals surface area (Å²) in [5, 5.41) is 9.96. The number of pyridine rings is 1. The molecule has 0 bridgehead atoms. The highest BCUT2D eigenvalue weighted by Gasteiger charge is 2.33. The fourth-order valence-corrected chi connectivity index (χ4v) is 3.61. The average Bonchev–Trinajstić information content (AvgIpc) is 3.48. The van der Waals surface area contributed by atoms with Crippen molar-refractivity contribution in [3.8, 4) is 11.4 Å². The lowest BCUT2D eigenvalue weighted by Crippen LogP contribution is -2.37. The van der Waals surface area contributed by atoms with Gasteiger partial charge >= 0.3 is 0 Å². The quantitative estimate of drug-likeness (QED) is 0.404. The number of nitrogens with zero attached hydrogens (tertiary/aromatic N) is 4. The number of hydrogen-bond acceptors (Lipinski definition) is 8. The fourth-order valence-electron chi connectivity index (χ4n) is 3.61. The Labute approximate surface area is 203 Å². The van der Waals surface area contributed by atoms with Crippen LogP contribution in [0.4, 0.5) is 5.69 Å². The van der Waals surface area contributed by atoms with Gasteiger partial charge in [0.05, 0.1) is 7.11 Å². The van der Waals surface area contributed by atoms with Gasteiger partial charge in [0.2, 0.25) is 18.1 Å². The minimum Gasteiger partial charge on any atom is -0.471 e. The van der Waals surface area contributed by atoms with E-state index in [1.54, 1.807) is 0 Å². The van der Waals surface area contributed by atoms with Gasteiger partial charge in [-0.15, -0.1) is 0 Å². The lowest BCUT2D eigenvalue weighted by atomic mass is 9.80. The maximum Gasteiger partial charge on any atom is 0.292 e. The number of carbonyl (C=O) groups excluding carboxylic acids is 2. The smallest absolute Gasteiger partial charge is 0.292 e. The molecule has 184 valence electrons. The molecule has 35 heavy (non-hydrogen) atoms. The summed E-state index contributed by atoms with van der Waals surface area (Å²) in [5.41, 5.74) is 4.78. The van der Waals surface area contributed by atoms with E-state index in [9.17, 15) is 4.79 Å². The number of imidazole rings is 1. The van der Waals surface area contributed by atoms with E-state index in [0.717, 1.165) is 35.3 Å². The summed E-state index contributed by atoms with van der Waals surface area (Å²) in [4.78, 5) is 28.2. The van der Waals surface area contributed by atoms with Crippen LogP contribution < -0.4 is 10.6 Å². The highest BCUT2D eigenvalue weighted by molar-refractivity contribution is 5.76. The number of aromatic nitrogens is 4. The van der Waals surface area contributed by atoms with Gasteiger partial charge in [0.1, 0.15) is 5.65 Å². The number of nitrogens with one attached hydrogen (secondary N) is 2. The predicted molar refractivity (Wildman–Crippen MR) is 132 cm³/mol. The number of anilines is 1. The Morgan fingerprint density at radius 2 is 1.94 bits per heavy atom. The van der Waals surface area contributed by atoms with Gasteiger partial charge in [0, 0.05) is 41.3 Å². The highest BCUT2D eigenvalue weighted by Crippen LogP contribution is 2.36. The fraction of sp³-hybridized carbons (Fsp3) is 0.320. The Morgan fingerprint density at radius 3 is 2.60 bits per heavy atom. The van der Waals surface area contributed by atoms with E-state index in [1.807, 2.05) is 69.7 Å². The molecule has 1 fully saturated rings. The van der Waals surface area contributed by atoms with Crippen molar-refractivity contribution in [2.45, 2.75) is 38.6 Å². The van der Waals surface area contributed by atoms with E-state index in [4.69, 9.17) is 9.32 Å². The zero-order valence-corrected chi connectivity index (χ0v) is 20.3. The van der Waals surface area contributed by atoms with Crippen LogP contribution in [0.2, 0.25) is 0 Å². The van der Waals surface area contributed by atoms with Crippen molar-refractivity contribution in [2.24, 2.45) is 0 Å². The summed E-state index contributed by atoms with van der Waals surface area (Å²) in [6, 6.07) is 12.2. The van der Waals surface area contributed by atoms with Crippen molar-refractivity contribution in [2.75, 3.05) is 19.5 Å². The van der Waals surface area contributed by atoms with E-state index in [2.05, 4.69) is 34.9 Å². The summed E-state index contributed by atoms with van der Waals surface area (Å²) in [7, 11) is 3.28. The highest BCUT2D eigenvalue weighted by atomic mass is 16.5. The first-order valence-corrected chi connectivity index (χ1v) is 11.2. The first-order valence-electron chi connectivity index (χ1n) is 11.2. The van der Waals surface area contributed by atoms with Crippen LogP contribution in [0.15, 0.2) is 53.3 Å². The van der Waals surface area contributed by atoms with E-state index >= 15 is 0 Å². The van der Waals surface area contributed by atoms with E-state index in [1.165, 1.54) is 12.8 Å². The second-order valence-corrected chi connectivity index (χ2v) is 8.06. The molecule has 0 atom stereocenters. The number of hydrogen-bond donors (Lipinski definition) is 2. The van der Waals surface area contributed by atoms with Gasteiger partial charge in [-0.1, -0.05) is 23.4 Å². The van der Waals surface area contributed by atoms with Gasteiger partial charge in [-0.3, -0.25) is 9.59 Å². The molecule has 0 saturated heterocycles. The lowest BCUT2D eigenvalue weighted by molar-refractivity contribution is -0.126. The molecule has 0 aliphatic heterocycles. The SMILES string of the molecule is CNC1CC(c2nc(-c3ccc(C)c(NC=O)c3)no2)C1.COC=O.Cc1cnc2ccccn12. The van der Waals surface area contributed by atoms with Gasteiger partial charge in [-0.25, -0.2) is 4.98 Å². The normalized spacial score (nSPS) is 16.1. The van der Waals surface area contributed by atoms with E-state index < -0.39 is 0 Å². The summed E-state index contributed by atoms with van der Waals surface area (Å²) >= 11 is 0. The van der Waals surface area contributed by atoms with Crippen LogP contribution >= 0.6 is 0 Å². The first-order chi connectivity index (χ1) is 17.0. The summed E-state index contributed by atoms with van der Waals surface area (Å²) < 4.78 is 11.3. The molecule has 1 aliphatic rings. The molecule has 1 aliphatic carbocycles. The number of aryl methyl sites for hydroxylation is 2. The molecule has 1 aromatic carbocycles. The maximum atomic E-state index is 10.6. The Morgan fingerprint density at radius 1 is 1.17 bits per heavy atom. The van der Waals surface area contributed by atoms with Crippen LogP contribution in [0.3, 0.4) is 0 Å². The third-order valence-electron chi connectivity index (χ3n) is 5.75. The average molecular weight is 479 g/mol.